The minimum atomic E-state index is -1.26. The molecule has 3 rings (SSSR count). The molecule has 2 amide bonds. The van der Waals surface area contributed by atoms with Gasteiger partial charge in [-0.15, -0.1) is 0 Å². The Hall–Kier alpha value is -3.35. The number of nitrogens with zero attached hydrogens (tertiary/aromatic N) is 1. The van der Waals surface area contributed by atoms with E-state index in [-0.39, 0.29) is 12.8 Å². The number of primary amides is 1. The molecule has 0 saturated carbocycles. The van der Waals surface area contributed by atoms with E-state index in [1.807, 2.05) is 30.3 Å². The lowest BCUT2D eigenvalue weighted by atomic mass is 10.0. The van der Waals surface area contributed by atoms with Crippen molar-refractivity contribution in [1.29, 1.82) is 0 Å². The Bertz CT molecular complexity index is 909. The fourth-order valence-electron chi connectivity index (χ4n) is 3.50. The fourth-order valence-corrected chi connectivity index (χ4v) is 3.50. The largest absolute Gasteiger partial charge is 0.480 e. The molecular formula is C20H20N2O5. The van der Waals surface area contributed by atoms with E-state index in [9.17, 15) is 19.5 Å². The summed E-state index contributed by atoms with van der Waals surface area (Å²) in [6.07, 6.45) is -0.468. The van der Waals surface area contributed by atoms with Crippen LogP contribution < -0.4 is 10.6 Å². The van der Waals surface area contributed by atoms with Gasteiger partial charge in [0.15, 0.2) is 0 Å². The number of carboxylic acids is 1. The van der Waals surface area contributed by atoms with Gasteiger partial charge in [0.2, 0.25) is 5.91 Å². The number of aliphatic carboxylic acids is 1. The minimum absolute atomic E-state index is 0.101. The summed E-state index contributed by atoms with van der Waals surface area (Å²) in [5.41, 5.74) is 9.61. The molecule has 0 unspecified atom stereocenters. The van der Waals surface area contributed by atoms with Crippen molar-refractivity contribution in [3.05, 3.63) is 53.6 Å². The smallest absolute Gasteiger partial charge is 0.414 e. The molecule has 2 aromatic rings. The van der Waals surface area contributed by atoms with Crippen molar-refractivity contribution in [3.63, 3.8) is 0 Å². The summed E-state index contributed by atoms with van der Waals surface area (Å²) in [6.45, 7) is 0. The Morgan fingerprint density at radius 2 is 1.85 bits per heavy atom. The van der Waals surface area contributed by atoms with Crippen molar-refractivity contribution in [2.45, 2.75) is 25.3 Å². The van der Waals surface area contributed by atoms with E-state index in [0.29, 0.717) is 12.1 Å². The molecule has 1 aliphatic carbocycles. The standard InChI is InChI=1S/C20H20N2O5/c1-27-20(26)22(17(19(24)25)9-10-18(21)23)16-8-4-7-14-13-6-3-2-5-12(13)11-15(14)16/h2-8,17H,9-11H2,1H3,(H2,21,23)(H,24,25)/t17-/m0/s1. The number of methoxy groups -OCH3 is 1. The maximum absolute atomic E-state index is 12.5. The van der Waals surface area contributed by atoms with Crippen LogP contribution in [0.25, 0.3) is 11.1 Å². The summed E-state index contributed by atoms with van der Waals surface area (Å²) < 4.78 is 4.85. The summed E-state index contributed by atoms with van der Waals surface area (Å²) in [5, 5.41) is 9.68. The summed E-state index contributed by atoms with van der Waals surface area (Å²) in [7, 11) is 1.19. The molecule has 0 aromatic heterocycles. The van der Waals surface area contributed by atoms with Gasteiger partial charge in [-0.2, -0.15) is 0 Å². The Balaban J connectivity index is 2.08. The van der Waals surface area contributed by atoms with Crippen LogP contribution in [0.1, 0.15) is 24.0 Å². The van der Waals surface area contributed by atoms with Gasteiger partial charge >= 0.3 is 12.1 Å². The van der Waals surface area contributed by atoms with Gasteiger partial charge in [-0.05, 0) is 34.7 Å². The van der Waals surface area contributed by atoms with E-state index in [1.54, 1.807) is 12.1 Å². The Morgan fingerprint density at radius 3 is 2.52 bits per heavy atom. The predicted molar refractivity (Wildman–Crippen MR) is 99.4 cm³/mol. The molecule has 0 heterocycles. The van der Waals surface area contributed by atoms with Gasteiger partial charge in [0, 0.05) is 12.8 Å². The number of nitrogens with two attached hydrogens (primary N) is 1. The first-order valence-electron chi connectivity index (χ1n) is 8.52. The van der Waals surface area contributed by atoms with Crippen LogP contribution in [-0.2, 0) is 20.7 Å². The lowest BCUT2D eigenvalue weighted by Gasteiger charge is -2.29. The second-order valence-corrected chi connectivity index (χ2v) is 6.34. The zero-order valence-corrected chi connectivity index (χ0v) is 14.8. The number of carboxylic acid groups (broad SMARTS) is 1. The second kappa shape index (κ2) is 7.49. The average molecular weight is 368 g/mol. The number of ether oxygens (including phenoxy) is 1. The third kappa shape index (κ3) is 3.48. The summed E-state index contributed by atoms with van der Waals surface area (Å²) in [5.74, 6) is -1.86. The lowest BCUT2D eigenvalue weighted by molar-refractivity contribution is -0.138. The molecule has 0 aliphatic heterocycles. The molecule has 7 heteroatoms. The van der Waals surface area contributed by atoms with Crippen molar-refractivity contribution >= 4 is 23.7 Å². The predicted octanol–water partition coefficient (Wildman–Crippen LogP) is 2.55. The Labute approximate surface area is 156 Å². The molecule has 0 bridgehead atoms. The molecule has 0 saturated heterocycles. The molecule has 140 valence electrons. The Morgan fingerprint density at radius 1 is 1.15 bits per heavy atom. The molecular weight excluding hydrogens is 348 g/mol. The molecule has 1 atom stereocenters. The van der Waals surface area contributed by atoms with Gasteiger partial charge in [-0.3, -0.25) is 9.69 Å². The van der Waals surface area contributed by atoms with Crippen LogP contribution in [-0.4, -0.2) is 36.2 Å². The van der Waals surface area contributed by atoms with Crippen LogP contribution in [0.15, 0.2) is 42.5 Å². The monoisotopic (exact) mass is 368 g/mol. The molecule has 3 N–H and O–H groups in total. The molecule has 0 spiro atoms. The molecule has 27 heavy (non-hydrogen) atoms. The first-order chi connectivity index (χ1) is 12.9. The fraction of sp³-hybridized carbons (Fsp3) is 0.250. The van der Waals surface area contributed by atoms with E-state index in [1.165, 1.54) is 7.11 Å². The van der Waals surface area contributed by atoms with E-state index in [0.717, 1.165) is 27.2 Å². The molecule has 0 radical (unpaired) electrons. The average Bonchev–Trinajstić information content (AvgIpc) is 3.03. The highest BCUT2D eigenvalue weighted by atomic mass is 16.5. The number of hydrogen-bond donors (Lipinski definition) is 2. The number of carbonyl (C=O) groups excluding carboxylic acids is 2. The first kappa shape index (κ1) is 18.4. The quantitative estimate of drug-likeness (QED) is 0.695. The molecule has 7 nitrogen and oxygen atoms in total. The van der Waals surface area contributed by atoms with Gasteiger partial charge in [0.05, 0.1) is 12.8 Å². The molecule has 1 aliphatic rings. The minimum Gasteiger partial charge on any atom is -0.480 e. The number of hydrogen-bond acceptors (Lipinski definition) is 4. The second-order valence-electron chi connectivity index (χ2n) is 6.34. The summed E-state index contributed by atoms with van der Waals surface area (Å²) in [6, 6.07) is 12.0. The van der Waals surface area contributed by atoms with Crippen molar-refractivity contribution in [1.82, 2.24) is 0 Å². The van der Waals surface area contributed by atoms with E-state index in [2.05, 4.69) is 0 Å². The number of fused-ring (bicyclic) bond motifs is 3. The van der Waals surface area contributed by atoms with Gasteiger partial charge in [0.25, 0.3) is 0 Å². The number of anilines is 1. The number of carbonyl (C=O) groups is 3. The van der Waals surface area contributed by atoms with Crippen LogP contribution >= 0.6 is 0 Å². The highest BCUT2D eigenvalue weighted by molar-refractivity contribution is 5.98. The summed E-state index contributed by atoms with van der Waals surface area (Å²) >= 11 is 0. The van der Waals surface area contributed by atoms with Crippen LogP contribution in [0.3, 0.4) is 0 Å². The van der Waals surface area contributed by atoms with Crippen molar-refractivity contribution < 1.29 is 24.2 Å². The zero-order valence-electron chi connectivity index (χ0n) is 14.8. The van der Waals surface area contributed by atoms with Crippen LogP contribution in [0.5, 0.6) is 0 Å². The van der Waals surface area contributed by atoms with Gasteiger partial charge < -0.3 is 15.6 Å². The van der Waals surface area contributed by atoms with Gasteiger partial charge in [-0.1, -0.05) is 36.4 Å². The first-order valence-corrected chi connectivity index (χ1v) is 8.52. The van der Waals surface area contributed by atoms with Crippen molar-refractivity contribution in [2.75, 3.05) is 12.0 Å². The number of amides is 2. The van der Waals surface area contributed by atoms with Crippen LogP contribution in [0.4, 0.5) is 10.5 Å². The van der Waals surface area contributed by atoms with Crippen LogP contribution in [0.2, 0.25) is 0 Å². The van der Waals surface area contributed by atoms with Gasteiger partial charge in [-0.25, -0.2) is 9.59 Å². The Kier molecular flexibility index (Phi) is 5.12. The lowest BCUT2D eigenvalue weighted by Crippen LogP contribution is -2.46. The maximum Gasteiger partial charge on any atom is 0.414 e. The van der Waals surface area contributed by atoms with Crippen molar-refractivity contribution in [2.24, 2.45) is 5.73 Å². The summed E-state index contributed by atoms with van der Waals surface area (Å²) in [4.78, 5) is 36.6. The van der Waals surface area contributed by atoms with Crippen LogP contribution in [0, 0.1) is 0 Å². The topological polar surface area (TPSA) is 110 Å². The molecule has 2 aromatic carbocycles. The third-order valence-electron chi connectivity index (χ3n) is 4.72. The highest BCUT2D eigenvalue weighted by Gasteiger charge is 2.35. The van der Waals surface area contributed by atoms with Gasteiger partial charge in [0.1, 0.15) is 6.04 Å². The van der Waals surface area contributed by atoms with E-state index >= 15 is 0 Å². The van der Waals surface area contributed by atoms with E-state index in [4.69, 9.17) is 10.5 Å². The zero-order chi connectivity index (χ0) is 19.6. The number of rotatable bonds is 6. The SMILES string of the molecule is COC(=O)N(c1cccc2c1Cc1ccccc1-2)[C@@H](CCC(N)=O)C(=O)O. The van der Waals surface area contributed by atoms with Crippen molar-refractivity contribution in [3.8, 4) is 11.1 Å². The number of benzene rings is 2. The highest BCUT2D eigenvalue weighted by Crippen LogP contribution is 2.42. The van der Waals surface area contributed by atoms with E-state index < -0.39 is 24.0 Å². The molecule has 0 fully saturated rings. The normalized spacial score (nSPS) is 12.6. The third-order valence-corrected chi connectivity index (χ3v) is 4.72. The maximum atomic E-state index is 12.5.